The highest BCUT2D eigenvalue weighted by atomic mass is 16.5. The van der Waals surface area contributed by atoms with Gasteiger partial charge in [-0.3, -0.25) is 14.8 Å². The molecule has 0 aliphatic rings. The van der Waals surface area contributed by atoms with Crippen molar-refractivity contribution in [2.24, 2.45) is 0 Å². The van der Waals surface area contributed by atoms with Gasteiger partial charge in [0.2, 0.25) is 5.91 Å². The van der Waals surface area contributed by atoms with Crippen LogP contribution in [0, 0.1) is 6.92 Å². The number of carbonyl (C=O) groups is 1. The number of hydrogen-bond donors (Lipinski definition) is 2. The maximum absolute atomic E-state index is 12.3. The molecule has 0 atom stereocenters. The van der Waals surface area contributed by atoms with E-state index in [0.29, 0.717) is 26.0 Å². The largest absolute Gasteiger partial charge is 0.493 e. The fourth-order valence-electron chi connectivity index (χ4n) is 2.87. The molecule has 0 fully saturated rings. The number of benzene rings is 1. The Morgan fingerprint density at radius 2 is 2.12 bits per heavy atom. The molecular weight excluding hydrogens is 316 g/mol. The monoisotopic (exact) mass is 338 g/mol. The summed E-state index contributed by atoms with van der Waals surface area (Å²) in [7, 11) is 0. The maximum Gasteiger partial charge on any atom is 0.224 e. The number of hydrogen-bond acceptors (Lipinski definition) is 4. The molecule has 0 aliphatic carbocycles. The third kappa shape index (κ3) is 3.96. The molecule has 0 bridgehead atoms. The molecule has 6 nitrogen and oxygen atoms in total. The lowest BCUT2D eigenvalue weighted by Crippen LogP contribution is -2.27. The van der Waals surface area contributed by atoms with Crippen LogP contribution in [0.5, 0.6) is 5.75 Å². The van der Waals surface area contributed by atoms with E-state index in [0.717, 1.165) is 33.6 Å². The van der Waals surface area contributed by atoms with E-state index in [1.165, 1.54) is 0 Å². The molecule has 6 heteroatoms. The number of fused-ring (bicyclic) bond motifs is 1. The number of aromatic nitrogens is 3. The van der Waals surface area contributed by atoms with Crippen LogP contribution in [-0.2, 0) is 17.6 Å². The van der Waals surface area contributed by atoms with Crippen LogP contribution in [0.2, 0.25) is 0 Å². The molecule has 0 radical (unpaired) electrons. The highest BCUT2D eigenvalue weighted by Crippen LogP contribution is 2.29. The van der Waals surface area contributed by atoms with Gasteiger partial charge in [0.25, 0.3) is 0 Å². The fraction of sp³-hybridized carbons (Fsp3) is 0.316. The standard InChI is InChI=1S/C19H22N4O2/c1-3-25-17-6-4-5-16-19(17)14(12-23-16)11-18(24)22-8-7-15-13(2)20-9-10-21-15/h4-6,9-10,12,23H,3,7-8,11H2,1-2H3,(H,22,24). The minimum absolute atomic E-state index is 0.0197. The van der Waals surface area contributed by atoms with E-state index in [-0.39, 0.29) is 5.91 Å². The van der Waals surface area contributed by atoms with Crippen LogP contribution in [0.15, 0.2) is 36.8 Å². The van der Waals surface area contributed by atoms with Gasteiger partial charge in [-0.15, -0.1) is 0 Å². The lowest BCUT2D eigenvalue weighted by molar-refractivity contribution is -0.120. The molecule has 0 unspecified atom stereocenters. The summed E-state index contributed by atoms with van der Waals surface area (Å²) in [4.78, 5) is 24.0. The number of H-pyrrole nitrogens is 1. The van der Waals surface area contributed by atoms with Crippen molar-refractivity contribution in [2.45, 2.75) is 26.7 Å². The number of ether oxygens (including phenoxy) is 1. The van der Waals surface area contributed by atoms with Crippen LogP contribution in [0.3, 0.4) is 0 Å². The Morgan fingerprint density at radius 3 is 2.92 bits per heavy atom. The smallest absolute Gasteiger partial charge is 0.224 e. The van der Waals surface area contributed by atoms with E-state index in [2.05, 4.69) is 20.3 Å². The van der Waals surface area contributed by atoms with Gasteiger partial charge in [0.05, 0.1) is 24.4 Å². The average Bonchev–Trinajstić information content (AvgIpc) is 3.01. The zero-order valence-corrected chi connectivity index (χ0v) is 14.5. The van der Waals surface area contributed by atoms with Gasteiger partial charge in [-0.05, 0) is 31.5 Å². The predicted molar refractivity (Wildman–Crippen MR) is 96.7 cm³/mol. The number of amides is 1. The lowest BCUT2D eigenvalue weighted by Gasteiger charge is -2.08. The minimum Gasteiger partial charge on any atom is -0.493 e. The van der Waals surface area contributed by atoms with Gasteiger partial charge in [0, 0.05) is 42.5 Å². The predicted octanol–water partition coefficient (Wildman–Crippen LogP) is 2.57. The Bertz CT molecular complexity index is 873. The Morgan fingerprint density at radius 1 is 1.28 bits per heavy atom. The maximum atomic E-state index is 12.3. The number of rotatable bonds is 7. The van der Waals surface area contributed by atoms with Crippen LogP contribution in [0.1, 0.15) is 23.9 Å². The van der Waals surface area contributed by atoms with Gasteiger partial charge in [0.15, 0.2) is 0 Å². The number of nitrogens with one attached hydrogen (secondary N) is 2. The van der Waals surface area contributed by atoms with Crippen molar-refractivity contribution in [3.8, 4) is 5.75 Å². The van der Waals surface area contributed by atoms with Crippen molar-refractivity contribution >= 4 is 16.8 Å². The van der Waals surface area contributed by atoms with Gasteiger partial charge >= 0.3 is 0 Å². The third-order valence-electron chi connectivity index (χ3n) is 4.07. The Labute approximate surface area is 146 Å². The van der Waals surface area contributed by atoms with Crippen LogP contribution >= 0.6 is 0 Å². The fourth-order valence-corrected chi connectivity index (χ4v) is 2.87. The van der Waals surface area contributed by atoms with Gasteiger partial charge < -0.3 is 15.0 Å². The van der Waals surface area contributed by atoms with Gasteiger partial charge in [-0.2, -0.15) is 0 Å². The summed E-state index contributed by atoms with van der Waals surface area (Å²) in [6.07, 6.45) is 6.20. The molecule has 25 heavy (non-hydrogen) atoms. The summed E-state index contributed by atoms with van der Waals surface area (Å²) >= 11 is 0. The molecule has 0 aliphatic heterocycles. The number of aromatic amines is 1. The van der Waals surface area contributed by atoms with E-state index < -0.39 is 0 Å². The number of carbonyl (C=O) groups excluding carboxylic acids is 1. The lowest BCUT2D eigenvalue weighted by atomic mass is 10.1. The van der Waals surface area contributed by atoms with Crippen molar-refractivity contribution < 1.29 is 9.53 Å². The molecule has 2 N–H and O–H groups in total. The first-order valence-electron chi connectivity index (χ1n) is 8.44. The first-order valence-corrected chi connectivity index (χ1v) is 8.44. The first-order chi connectivity index (χ1) is 12.2. The summed E-state index contributed by atoms with van der Waals surface area (Å²) in [5, 5.41) is 3.93. The summed E-state index contributed by atoms with van der Waals surface area (Å²) < 4.78 is 5.68. The zero-order chi connectivity index (χ0) is 17.6. The van der Waals surface area contributed by atoms with Gasteiger partial charge in [-0.1, -0.05) is 6.07 Å². The quantitative estimate of drug-likeness (QED) is 0.694. The second kappa shape index (κ2) is 7.79. The number of nitrogens with zero attached hydrogens (tertiary/aromatic N) is 2. The normalized spacial score (nSPS) is 10.8. The van der Waals surface area contributed by atoms with Gasteiger partial charge in [0.1, 0.15) is 5.75 Å². The third-order valence-corrected chi connectivity index (χ3v) is 4.07. The summed E-state index contributed by atoms with van der Waals surface area (Å²) in [6, 6.07) is 5.85. The molecule has 0 saturated heterocycles. The highest BCUT2D eigenvalue weighted by Gasteiger charge is 2.13. The van der Waals surface area contributed by atoms with E-state index in [1.54, 1.807) is 12.4 Å². The van der Waals surface area contributed by atoms with Crippen LogP contribution in [-0.4, -0.2) is 34.0 Å². The Kier molecular flexibility index (Phi) is 5.28. The first kappa shape index (κ1) is 17.0. The van der Waals surface area contributed by atoms with Crippen molar-refractivity contribution in [3.05, 3.63) is 53.7 Å². The highest BCUT2D eigenvalue weighted by molar-refractivity contribution is 5.93. The van der Waals surface area contributed by atoms with Crippen molar-refractivity contribution in [2.75, 3.05) is 13.2 Å². The topological polar surface area (TPSA) is 79.9 Å². The zero-order valence-electron chi connectivity index (χ0n) is 14.5. The van der Waals surface area contributed by atoms with Crippen molar-refractivity contribution in [1.82, 2.24) is 20.3 Å². The molecule has 3 rings (SSSR count). The van der Waals surface area contributed by atoms with E-state index in [9.17, 15) is 4.79 Å². The minimum atomic E-state index is -0.0197. The Hall–Kier alpha value is -2.89. The summed E-state index contributed by atoms with van der Waals surface area (Å²) in [6.45, 7) is 5.00. The molecular formula is C19H22N4O2. The van der Waals surface area contributed by atoms with Crippen LogP contribution < -0.4 is 10.1 Å². The molecule has 2 heterocycles. The number of aryl methyl sites for hydroxylation is 1. The summed E-state index contributed by atoms with van der Waals surface area (Å²) in [5.41, 5.74) is 3.72. The molecule has 130 valence electrons. The van der Waals surface area contributed by atoms with Crippen LogP contribution in [0.4, 0.5) is 0 Å². The van der Waals surface area contributed by atoms with Crippen molar-refractivity contribution in [1.29, 1.82) is 0 Å². The average molecular weight is 338 g/mol. The SMILES string of the molecule is CCOc1cccc2[nH]cc(CC(=O)NCCc3nccnc3C)c12. The molecule has 0 spiro atoms. The second-order valence-corrected chi connectivity index (χ2v) is 5.79. The molecule has 3 aromatic rings. The summed E-state index contributed by atoms with van der Waals surface area (Å²) in [5.74, 6) is 0.785. The molecule has 2 aromatic heterocycles. The van der Waals surface area contributed by atoms with Crippen LogP contribution in [0.25, 0.3) is 10.9 Å². The van der Waals surface area contributed by atoms with E-state index in [1.807, 2.05) is 38.2 Å². The van der Waals surface area contributed by atoms with E-state index in [4.69, 9.17) is 4.74 Å². The Balaban J connectivity index is 1.63. The molecule has 1 amide bonds. The van der Waals surface area contributed by atoms with Crippen molar-refractivity contribution in [3.63, 3.8) is 0 Å². The second-order valence-electron chi connectivity index (χ2n) is 5.79. The van der Waals surface area contributed by atoms with E-state index >= 15 is 0 Å². The van der Waals surface area contributed by atoms with Gasteiger partial charge in [-0.25, -0.2) is 0 Å². The molecule has 0 saturated carbocycles. The molecule has 1 aromatic carbocycles.